The Bertz CT molecular complexity index is 1410. The molecular formula is C37H51N5O7. The van der Waals surface area contributed by atoms with Crippen molar-refractivity contribution in [2.75, 3.05) is 39.5 Å². The maximum Gasteiger partial charge on any atom is 0.243 e. The van der Waals surface area contributed by atoms with Gasteiger partial charge in [-0.2, -0.15) is 0 Å². The monoisotopic (exact) mass is 677 g/mol. The minimum absolute atomic E-state index is 0.0214. The minimum atomic E-state index is -1.02. The maximum absolute atomic E-state index is 13.9. The molecule has 0 saturated carbocycles. The van der Waals surface area contributed by atoms with Crippen molar-refractivity contribution in [3.8, 4) is 0 Å². The van der Waals surface area contributed by atoms with Gasteiger partial charge in [0.25, 0.3) is 0 Å². The van der Waals surface area contributed by atoms with Gasteiger partial charge in [-0.3, -0.25) is 28.9 Å². The van der Waals surface area contributed by atoms with Crippen LogP contribution < -0.4 is 21.3 Å². The van der Waals surface area contributed by atoms with Crippen molar-refractivity contribution in [2.24, 2.45) is 5.92 Å². The Hall–Kier alpha value is -4.13. The highest BCUT2D eigenvalue weighted by Gasteiger charge is 2.49. The number of nitrogens with one attached hydrogen (secondary N) is 4. The van der Waals surface area contributed by atoms with Gasteiger partial charge in [0.1, 0.15) is 23.7 Å². The molecule has 2 aromatic rings. The van der Waals surface area contributed by atoms with E-state index in [9.17, 15) is 24.0 Å². The lowest BCUT2D eigenvalue weighted by molar-refractivity contribution is -0.135. The molecule has 0 radical (unpaired) electrons. The molecule has 49 heavy (non-hydrogen) atoms. The summed E-state index contributed by atoms with van der Waals surface area (Å²) >= 11 is 0. The van der Waals surface area contributed by atoms with Crippen molar-refractivity contribution >= 4 is 29.4 Å². The van der Waals surface area contributed by atoms with Gasteiger partial charge >= 0.3 is 0 Å². The van der Waals surface area contributed by atoms with Gasteiger partial charge in [0.15, 0.2) is 5.78 Å². The molecule has 2 aromatic carbocycles. The Morgan fingerprint density at radius 3 is 1.90 bits per heavy atom. The van der Waals surface area contributed by atoms with Gasteiger partial charge in [0.2, 0.25) is 23.6 Å². The average molecular weight is 678 g/mol. The molecule has 4 amide bonds. The van der Waals surface area contributed by atoms with Crippen LogP contribution in [0, 0.1) is 5.92 Å². The Labute approximate surface area is 289 Å². The molecule has 2 fully saturated rings. The number of hydrogen-bond donors (Lipinski definition) is 4. The number of ketones is 1. The van der Waals surface area contributed by atoms with E-state index in [4.69, 9.17) is 9.47 Å². The molecule has 0 aromatic heterocycles. The summed E-state index contributed by atoms with van der Waals surface area (Å²) in [6.45, 7) is 9.93. The molecule has 2 aliphatic heterocycles. The van der Waals surface area contributed by atoms with Crippen LogP contribution in [0.15, 0.2) is 60.7 Å². The Morgan fingerprint density at radius 1 is 0.755 bits per heavy atom. The van der Waals surface area contributed by atoms with Gasteiger partial charge in [-0.05, 0) is 50.2 Å². The Kier molecular flexibility index (Phi) is 13.9. The van der Waals surface area contributed by atoms with Crippen LogP contribution in [0.1, 0.15) is 51.7 Å². The van der Waals surface area contributed by atoms with E-state index in [2.05, 4.69) is 21.3 Å². The fourth-order valence-electron chi connectivity index (χ4n) is 5.82. The minimum Gasteiger partial charge on any atom is -0.379 e. The predicted octanol–water partition coefficient (Wildman–Crippen LogP) is 1.56. The molecule has 2 aliphatic rings. The van der Waals surface area contributed by atoms with E-state index in [1.54, 1.807) is 13.8 Å². The number of epoxide rings is 1. The second-order valence-corrected chi connectivity index (χ2v) is 13.6. The zero-order valence-electron chi connectivity index (χ0n) is 29.0. The molecule has 2 heterocycles. The average Bonchev–Trinajstić information content (AvgIpc) is 3.84. The molecule has 4 rings (SSSR count). The summed E-state index contributed by atoms with van der Waals surface area (Å²) in [5.74, 6) is -2.04. The summed E-state index contributed by atoms with van der Waals surface area (Å²) in [5, 5.41) is 11.4. The lowest BCUT2D eigenvalue weighted by Gasteiger charge is -2.28. The van der Waals surface area contributed by atoms with Crippen LogP contribution >= 0.6 is 0 Å². The van der Waals surface area contributed by atoms with Crippen LogP contribution in [-0.4, -0.2) is 104 Å². The van der Waals surface area contributed by atoms with Gasteiger partial charge in [0.05, 0.1) is 32.4 Å². The van der Waals surface area contributed by atoms with Gasteiger partial charge in [0, 0.05) is 19.5 Å². The lowest BCUT2D eigenvalue weighted by atomic mass is 9.99. The summed E-state index contributed by atoms with van der Waals surface area (Å²) in [6, 6.07) is 15.2. The first kappa shape index (κ1) is 37.7. The molecule has 2 saturated heterocycles. The number of ether oxygens (including phenoxy) is 2. The van der Waals surface area contributed by atoms with Crippen LogP contribution in [0.3, 0.4) is 0 Å². The van der Waals surface area contributed by atoms with Crippen LogP contribution in [0.5, 0.6) is 0 Å². The fourth-order valence-corrected chi connectivity index (χ4v) is 5.82. The molecule has 5 atom stereocenters. The van der Waals surface area contributed by atoms with Gasteiger partial charge < -0.3 is 30.7 Å². The van der Waals surface area contributed by atoms with E-state index >= 15 is 0 Å². The quantitative estimate of drug-likeness (QED) is 0.173. The van der Waals surface area contributed by atoms with Gasteiger partial charge in [-0.1, -0.05) is 74.5 Å². The number of nitrogens with zero attached hydrogens (tertiary/aromatic N) is 1. The maximum atomic E-state index is 13.9. The molecular weight excluding hydrogens is 626 g/mol. The number of rotatable bonds is 18. The van der Waals surface area contributed by atoms with Crippen molar-refractivity contribution < 1.29 is 33.4 Å². The van der Waals surface area contributed by atoms with Crippen molar-refractivity contribution in [1.29, 1.82) is 0 Å². The van der Waals surface area contributed by atoms with Crippen LogP contribution in [0.2, 0.25) is 0 Å². The first-order valence-electron chi connectivity index (χ1n) is 17.2. The van der Waals surface area contributed by atoms with Crippen LogP contribution in [0.4, 0.5) is 0 Å². The normalized spacial score (nSPS) is 19.9. The highest BCUT2D eigenvalue weighted by Crippen LogP contribution is 2.28. The lowest BCUT2D eigenvalue weighted by Crippen LogP contribution is -2.59. The number of aryl methyl sites for hydroxylation is 1. The Morgan fingerprint density at radius 2 is 1.31 bits per heavy atom. The van der Waals surface area contributed by atoms with E-state index in [1.165, 1.54) is 0 Å². The third kappa shape index (κ3) is 12.1. The number of hydrogen-bond acceptors (Lipinski definition) is 8. The summed E-state index contributed by atoms with van der Waals surface area (Å²) in [5.41, 5.74) is 0.920. The Balaban J connectivity index is 1.48. The zero-order valence-corrected chi connectivity index (χ0v) is 29.0. The highest BCUT2D eigenvalue weighted by molar-refractivity contribution is 5.98. The number of benzene rings is 2. The zero-order chi connectivity index (χ0) is 35.4. The molecule has 0 bridgehead atoms. The highest BCUT2D eigenvalue weighted by atomic mass is 16.6. The number of carbonyl (C=O) groups is 5. The molecule has 266 valence electrons. The summed E-state index contributed by atoms with van der Waals surface area (Å²) in [7, 11) is 0. The van der Waals surface area contributed by atoms with Crippen LogP contribution in [-0.2, 0) is 46.3 Å². The van der Waals surface area contributed by atoms with Crippen molar-refractivity contribution in [3.63, 3.8) is 0 Å². The third-order valence-corrected chi connectivity index (χ3v) is 8.79. The van der Waals surface area contributed by atoms with Gasteiger partial charge in [-0.15, -0.1) is 0 Å². The van der Waals surface area contributed by atoms with E-state index in [1.807, 2.05) is 79.4 Å². The van der Waals surface area contributed by atoms with Crippen molar-refractivity contribution in [1.82, 2.24) is 26.2 Å². The largest absolute Gasteiger partial charge is 0.379 e. The summed E-state index contributed by atoms with van der Waals surface area (Å²) < 4.78 is 10.7. The molecule has 0 unspecified atom stereocenters. The van der Waals surface area contributed by atoms with Crippen LogP contribution in [0.25, 0.3) is 0 Å². The predicted molar refractivity (Wildman–Crippen MR) is 184 cm³/mol. The molecule has 12 heteroatoms. The van der Waals surface area contributed by atoms with Crippen molar-refractivity contribution in [3.05, 3.63) is 71.8 Å². The number of amides is 4. The smallest absolute Gasteiger partial charge is 0.243 e. The van der Waals surface area contributed by atoms with E-state index < -0.39 is 47.5 Å². The second kappa shape index (κ2) is 18.0. The molecule has 12 nitrogen and oxygen atoms in total. The second-order valence-electron chi connectivity index (χ2n) is 13.6. The van der Waals surface area contributed by atoms with Crippen molar-refractivity contribution in [2.45, 2.75) is 83.1 Å². The van der Waals surface area contributed by atoms with E-state index in [0.29, 0.717) is 52.2 Å². The number of carbonyl (C=O) groups excluding carboxylic acids is 5. The first-order chi connectivity index (χ1) is 23.4. The van der Waals surface area contributed by atoms with E-state index in [0.717, 1.165) is 11.1 Å². The van der Waals surface area contributed by atoms with Gasteiger partial charge in [-0.25, -0.2) is 0 Å². The SMILES string of the molecule is CC(C)C[C@H](NC(=O)[C@H](CCc1ccccc1)NC(=O)CN1CCOCC1)C(=O)N[C@@H](Cc1ccccc1)C(=O)N[C@@H](C)C(=O)[C@@]1(C)CO1. The summed E-state index contributed by atoms with van der Waals surface area (Å²) in [4.78, 5) is 69.2. The number of morpholine rings is 1. The topological polar surface area (TPSA) is 158 Å². The first-order valence-corrected chi connectivity index (χ1v) is 17.2. The molecule has 0 aliphatic carbocycles. The third-order valence-electron chi connectivity index (χ3n) is 8.79. The molecule has 0 spiro atoms. The standard InChI is InChI=1S/C37H51N5O7/c1-25(2)21-30(36(47)41-31(22-28-13-9-6-10-14-28)35(46)38-26(3)33(44)37(4)24-49-37)40-34(45)29(16-15-27-11-7-5-8-12-27)39-32(43)23-42-17-19-48-20-18-42/h5-14,25-26,29-31H,15-24H2,1-4H3,(H,38,46)(H,39,43)(H,40,45)(H,41,47)/t26-,29-,30-,31-,37+/m0/s1. The van der Waals surface area contributed by atoms with E-state index in [-0.39, 0.29) is 30.6 Å². The fraction of sp³-hybridized carbons (Fsp3) is 0.541. The summed E-state index contributed by atoms with van der Waals surface area (Å²) in [6.07, 6.45) is 1.34. The number of Topliss-reactive ketones (excluding diaryl/α,β-unsaturated/α-hetero) is 1. The molecule has 4 N–H and O–H groups in total.